The molecule has 0 amide bonds. The summed E-state index contributed by atoms with van der Waals surface area (Å²) in [6.07, 6.45) is -0.106. The zero-order valence-corrected chi connectivity index (χ0v) is 21.4. The lowest BCUT2D eigenvalue weighted by Crippen LogP contribution is -2.35. The number of thiazole rings is 1. The molecule has 36 heavy (non-hydrogen) atoms. The highest BCUT2D eigenvalue weighted by Crippen LogP contribution is 2.40. The lowest BCUT2D eigenvalue weighted by molar-refractivity contribution is -0.138. The molecule has 2 aromatic heterocycles. The molecule has 0 saturated carbocycles. The van der Waals surface area contributed by atoms with E-state index >= 15 is 0 Å². The van der Waals surface area contributed by atoms with E-state index in [9.17, 15) is 13.2 Å². The lowest BCUT2D eigenvalue weighted by atomic mass is 10.1. The van der Waals surface area contributed by atoms with Gasteiger partial charge in [-0.05, 0) is 36.8 Å². The molecule has 3 aromatic rings. The molecule has 1 fully saturated rings. The predicted octanol–water partition coefficient (Wildman–Crippen LogP) is 6.39. The summed E-state index contributed by atoms with van der Waals surface area (Å²) in [7, 11) is 1.71. The second kappa shape index (κ2) is 12.0. The average molecular weight is 521 g/mol. The summed E-state index contributed by atoms with van der Waals surface area (Å²) in [5, 5.41) is 2.48. The van der Waals surface area contributed by atoms with Crippen LogP contribution in [0.15, 0.2) is 41.9 Å². The van der Waals surface area contributed by atoms with Crippen LogP contribution in [0.1, 0.15) is 37.4 Å². The number of morpholine rings is 1. The van der Waals surface area contributed by atoms with Gasteiger partial charge in [0, 0.05) is 49.5 Å². The Morgan fingerprint density at radius 1 is 1.14 bits per heavy atom. The summed E-state index contributed by atoms with van der Waals surface area (Å²) in [5.74, 6) is -0.140. The van der Waals surface area contributed by atoms with Crippen molar-refractivity contribution in [2.24, 2.45) is 0 Å². The maximum atomic E-state index is 13.7. The van der Waals surface area contributed by atoms with Crippen LogP contribution < -0.4 is 9.64 Å². The zero-order valence-electron chi connectivity index (χ0n) is 20.6. The summed E-state index contributed by atoms with van der Waals surface area (Å²) >= 11 is 1.37. The number of halogens is 3. The van der Waals surface area contributed by atoms with Crippen LogP contribution in [0.4, 0.5) is 24.0 Å². The monoisotopic (exact) mass is 520 g/mol. The van der Waals surface area contributed by atoms with Crippen molar-refractivity contribution >= 4 is 22.2 Å². The van der Waals surface area contributed by atoms with Crippen molar-refractivity contribution in [3.8, 4) is 17.0 Å². The van der Waals surface area contributed by atoms with E-state index in [0.29, 0.717) is 10.8 Å². The second-order valence-corrected chi connectivity index (χ2v) is 9.57. The third kappa shape index (κ3) is 6.74. The van der Waals surface area contributed by atoms with Gasteiger partial charge >= 0.3 is 6.18 Å². The summed E-state index contributed by atoms with van der Waals surface area (Å²) in [4.78, 5) is 13.2. The van der Waals surface area contributed by atoms with E-state index in [4.69, 9.17) is 9.47 Å². The Morgan fingerprint density at radius 3 is 2.64 bits per heavy atom. The number of alkyl halides is 3. The molecule has 0 spiro atoms. The van der Waals surface area contributed by atoms with Crippen LogP contribution in [0, 0.1) is 0 Å². The van der Waals surface area contributed by atoms with Crippen molar-refractivity contribution in [1.82, 2.24) is 14.9 Å². The molecule has 6 nitrogen and oxygen atoms in total. The van der Waals surface area contributed by atoms with Gasteiger partial charge in [0.15, 0.2) is 5.13 Å². The molecule has 1 aliphatic heterocycles. The second-order valence-electron chi connectivity index (χ2n) is 8.73. The smallest absolute Gasteiger partial charge is 0.420 e. The third-order valence-corrected chi connectivity index (χ3v) is 6.97. The largest absolute Gasteiger partial charge is 0.493 e. The normalized spacial score (nSPS) is 14.7. The topological polar surface area (TPSA) is 50.7 Å². The fourth-order valence-corrected chi connectivity index (χ4v) is 4.75. The molecule has 0 bridgehead atoms. The summed E-state index contributed by atoms with van der Waals surface area (Å²) in [6.45, 7) is 6.35. The summed E-state index contributed by atoms with van der Waals surface area (Å²) in [6, 6.07) is 8.12. The highest BCUT2D eigenvalue weighted by molar-refractivity contribution is 7.14. The highest BCUT2D eigenvalue weighted by Gasteiger charge is 2.35. The number of benzene rings is 1. The minimum absolute atomic E-state index is 0.140. The Balaban J connectivity index is 1.46. The first-order valence-corrected chi connectivity index (χ1v) is 13.0. The highest BCUT2D eigenvalue weighted by atomic mass is 32.1. The number of pyridine rings is 1. The number of aromatic nitrogens is 2. The van der Waals surface area contributed by atoms with Crippen LogP contribution in [-0.2, 0) is 17.5 Å². The molecule has 194 valence electrons. The molecular weight excluding hydrogens is 489 g/mol. The Morgan fingerprint density at radius 2 is 1.94 bits per heavy atom. The fraction of sp³-hybridized carbons (Fsp3) is 0.462. The summed E-state index contributed by atoms with van der Waals surface area (Å²) < 4.78 is 52.1. The molecule has 4 rings (SSSR count). The predicted molar refractivity (Wildman–Crippen MR) is 136 cm³/mol. The van der Waals surface area contributed by atoms with E-state index < -0.39 is 11.7 Å². The molecule has 10 heteroatoms. The minimum atomic E-state index is -4.51. The van der Waals surface area contributed by atoms with Crippen molar-refractivity contribution in [2.75, 3.05) is 44.9 Å². The van der Waals surface area contributed by atoms with Crippen LogP contribution in [-0.4, -0.2) is 54.8 Å². The first-order chi connectivity index (χ1) is 17.3. The maximum Gasteiger partial charge on any atom is 0.420 e. The van der Waals surface area contributed by atoms with Gasteiger partial charge in [-0.2, -0.15) is 13.2 Å². The van der Waals surface area contributed by atoms with Gasteiger partial charge in [-0.15, -0.1) is 11.3 Å². The van der Waals surface area contributed by atoms with Gasteiger partial charge in [0.25, 0.3) is 0 Å². The van der Waals surface area contributed by atoms with Gasteiger partial charge in [0.05, 0.1) is 36.8 Å². The van der Waals surface area contributed by atoms with Gasteiger partial charge in [-0.1, -0.05) is 19.8 Å². The summed E-state index contributed by atoms with van der Waals surface area (Å²) in [5.41, 5.74) is 2.19. The van der Waals surface area contributed by atoms with Crippen LogP contribution in [0.5, 0.6) is 5.75 Å². The van der Waals surface area contributed by atoms with E-state index in [-0.39, 0.29) is 12.4 Å². The van der Waals surface area contributed by atoms with E-state index in [1.165, 1.54) is 17.4 Å². The molecule has 1 saturated heterocycles. The van der Waals surface area contributed by atoms with Crippen molar-refractivity contribution in [1.29, 1.82) is 0 Å². The van der Waals surface area contributed by atoms with Crippen molar-refractivity contribution in [3.63, 3.8) is 0 Å². The average Bonchev–Trinajstić information content (AvgIpc) is 3.37. The molecular formula is C26H31F3N4O2S. The molecule has 0 N–H and O–H groups in total. The molecule has 0 radical (unpaired) electrons. The van der Waals surface area contributed by atoms with Crippen molar-refractivity contribution < 1.29 is 22.6 Å². The number of ether oxygens (including phenoxy) is 2. The molecule has 0 atom stereocenters. The Bertz CT molecular complexity index is 1120. The maximum absolute atomic E-state index is 13.7. The quantitative estimate of drug-likeness (QED) is 0.289. The van der Waals surface area contributed by atoms with Crippen LogP contribution in [0.2, 0.25) is 0 Å². The number of rotatable bonds is 10. The van der Waals surface area contributed by atoms with Gasteiger partial charge in [0.2, 0.25) is 0 Å². The third-order valence-electron chi connectivity index (χ3n) is 6.05. The fourth-order valence-electron chi connectivity index (χ4n) is 3.93. The molecule has 0 aliphatic carbocycles. The standard InChI is InChI=1S/C26H31F3N4O2S/c1-3-4-5-12-35-24-9-8-21(15-22(24)26(27,28)29)32(2)25-31-23(18-36-25)19-6-7-20(30-16-19)17-33-10-13-34-14-11-33/h6-9,15-16,18H,3-5,10-14,17H2,1-2H3. The Hall–Kier alpha value is -2.69. The SMILES string of the molecule is CCCCCOc1ccc(N(C)c2nc(-c3ccc(CN4CCOCC4)nc3)cs2)cc1C(F)(F)F. The minimum Gasteiger partial charge on any atom is -0.493 e. The van der Waals surface area contributed by atoms with E-state index in [2.05, 4.69) is 14.9 Å². The van der Waals surface area contributed by atoms with Crippen LogP contribution in [0.3, 0.4) is 0 Å². The number of hydrogen-bond acceptors (Lipinski definition) is 7. The first-order valence-electron chi connectivity index (χ1n) is 12.1. The molecule has 1 aliphatic rings. The van der Waals surface area contributed by atoms with Crippen molar-refractivity contribution in [2.45, 2.75) is 38.9 Å². The number of nitrogens with zero attached hydrogens (tertiary/aromatic N) is 4. The van der Waals surface area contributed by atoms with Gasteiger partial charge < -0.3 is 14.4 Å². The molecule has 3 heterocycles. The first kappa shape index (κ1) is 26.4. The lowest BCUT2D eigenvalue weighted by Gasteiger charge is -2.26. The van der Waals surface area contributed by atoms with Crippen LogP contribution in [0.25, 0.3) is 11.3 Å². The molecule has 0 unspecified atom stereocenters. The van der Waals surface area contributed by atoms with E-state index in [0.717, 1.165) is 75.1 Å². The van der Waals surface area contributed by atoms with Gasteiger partial charge in [-0.25, -0.2) is 4.98 Å². The number of unbranched alkanes of at least 4 members (excludes halogenated alkanes) is 2. The van der Waals surface area contributed by atoms with Crippen molar-refractivity contribution in [3.05, 3.63) is 53.2 Å². The van der Waals surface area contributed by atoms with Gasteiger partial charge in [-0.3, -0.25) is 9.88 Å². The van der Waals surface area contributed by atoms with Gasteiger partial charge in [0.1, 0.15) is 5.75 Å². The number of anilines is 2. The zero-order chi connectivity index (χ0) is 25.5. The van der Waals surface area contributed by atoms with Crippen LogP contribution >= 0.6 is 11.3 Å². The Labute approximate surface area is 213 Å². The van der Waals surface area contributed by atoms with E-state index in [1.54, 1.807) is 24.2 Å². The number of hydrogen-bond donors (Lipinski definition) is 0. The molecule has 1 aromatic carbocycles. The Kier molecular flexibility index (Phi) is 8.81. The van der Waals surface area contributed by atoms with E-state index in [1.807, 2.05) is 24.4 Å².